The third-order valence-electron chi connectivity index (χ3n) is 2.98. The van der Waals surface area contributed by atoms with Gasteiger partial charge in [-0.05, 0) is 37.6 Å². The molecule has 0 aliphatic rings. The Balaban J connectivity index is 2.56. The van der Waals surface area contributed by atoms with Crippen LogP contribution in [0.3, 0.4) is 0 Å². The molecule has 19 heavy (non-hydrogen) atoms. The molecular weight excluding hydrogens is 242 g/mol. The number of carbonyl (C=O) groups is 1. The number of likely N-dealkylation sites (N-methyl/N-ethyl adjacent to an activating group) is 1. The summed E-state index contributed by atoms with van der Waals surface area (Å²) >= 11 is 0. The molecule has 1 aromatic carbocycles. The van der Waals surface area contributed by atoms with Crippen molar-refractivity contribution in [3.05, 3.63) is 23.8 Å². The summed E-state index contributed by atoms with van der Waals surface area (Å²) in [5.41, 5.74) is 8.08. The first-order valence-corrected chi connectivity index (χ1v) is 6.56. The van der Waals surface area contributed by atoms with Crippen LogP contribution in [0.15, 0.2) is 18.2 Å². The van der Waals surface area contributed by atoms with Gasteiger partial charge in [-0.1, -0.05) is 13.0 Å². The van der Waals surface area contributed by atoms with Crippen LogP contribution in [0.4, 0.5) is 11.4 Å². The number of aryl methyl sites for hydroxylation is 1. The normalized spacial score (nSPS) is 10.7. The highest BCUT2D eigenvalue weighted by Gasteiger charge is 2.10. The van der Waals surface area contributed by atoms with Crippen molar-refractivity contribution in [3.8, 4) is 0 Å². The van der Waals surface area contributed by atoms with Crippen LogP contribution in [0.5, 0.6) is 0 Å². The van der Waals surface area contributed by atoms with Gasteiger partial charge in [0.1, 0.15) is 0 Å². The van der Waals surface area contributed by atoms with Crippen LogP contribution in [0.2, 0.25) is 0 Å². The minimum Gasteiger partial charge on any atom is -0.399 e. The lowest BCUT2D eigenvalue weighted by Crippen LogP contribution is -2.34. The van der Waals surface area contributed by atoms with Gasteiger partial charge in [0.25, 0.3) is 0 Å². The number of nitrogens with zero attached hydrogens (tertiary/aromatic N) is 1. The number of benzene rings is 1. The number of nitrogen functional groups attached to an aromatic ring is 1. The van der Waals surface area contributed by atoms with E-state index in [4.69, 9.17) is 10.8 Å². The Morgan fingerprint density at radius 3 is 2.84 bits per heavy atom. The number of nitrogens with two attached hydrogens (primary N) is 1. The van der Waals surface area contributed by atoms with Gasteiger partial charge in [-0.25, -0.2) is 0 Å². The molecule has 0 bridgehead atoms. The lowest BCUT2D eigenvalue weighted by Gasteiger charge is -2.19. The van der Waals surface area contributed by atoms with Crippen LogP contribution in [0, 0.1) is 6.92 Å². The lowest BCUT2D eigenvalue weighted by atomic mass is 10.2. The molecule has 0 fully saturated rings. The Morgan fingerprint density at radius 1 is 1.47 bits per heavy atom. The SMILES string of the molecule is CCN(CCCO)CC(=O)Nc1cc(N)ccc1C. The second-order valence-corrected chi connectivity index (χ2v) is 4.57. The summed E-state index contributed by atoms with van der Waals surface area (Å²) in [5, 5.41) is 11.7. The van der Waals surface area contributed by atoms with Crippen molar-refractivity contribution in [2.24, 2.45) is 0 Å². The van der Waals surface area contributed by atoms with Gasteiger partial charge in [0.2, 0.25) is 5.91 Å². The maximum atomic E-state index is 12.0. The molecule has 0 atom stereocenters. The molecule has 5 nitrogen and oxygen atoms in total. The van der Waals surface area contributed by atoms with E-state index in [0.717, 1.165) is 24.3 Å². The van der Waals surface area contributed by atoms with E-state index in [1.165, 1.54) is 0 Å². The summed E-state index contributed by atoms with van der Waals surface area (Å²) in [6.07, 6.45) is 0.679. The number of nitrogens with one attached hydrogen (secondary N) is 1. The van der Waals surface area contributed by atoms with Gasteiger partial charge < -0.3 is 16.2 Å². The Kier molecular flexibility index (Phi) is 6.32. The summed E-state index contributed by atoms with van der Waals surface area (Å²) in [4.78, 5) is 13.9. The Bertz CT molecular complexity index is 421. The number of aliphatic hydroxyl groups excluding tert-OH is 1. The quantitative estimate of drug-likeness (QED) is 0.648. The van der Waals surface area contributed by atoms with Crippen molar-refractivity contribution in [2.75, 3.05) is 37.3 Å². The first kappa shape index (κ1) is 15.5. The topological polar surface area (TPSA) is 78.6 Å². The Morgan fingerprint density at radius 2 is 2.21 bits per heavy atom. The summed E-state index contributed by atoms with van der Waals surface area (Å²) in [7, 11) is 0. The van der Waals surface area contributed by atoms with E-state index in [2.05, 4.69) is 5.32 Å². The first-order chi connectivity index (χ1) is 9.06. The second-order valence-electron chi connectivity index (χ2n) is 4.57. The van der Waals surface area contributed by atoms with E-state index in [-0.39, 0.29) is 12.5 Å². The molecule has 106 valence electrons. The number of hydrogen-bond acceptors (Lipinski definition) is 4. The van der Waals surface area contributed by atoms with Crippen LogP contribution in [-0.4, -0.2) is 42.2 Å². The van der Waals surface area contributed by atoms with Gasteiger partial charge in [-0.2, -0.15) is 0 Å². The first-order valence-electron chi connectivity index (χ1n) is 6.56. The smallest absolute Gasteiger partial charge is 0.238 e. The highest BCUT2D eigenvalue weighted by molar-refractivity contribution is 5.93. The molecule has 0 heterocycles. The van der Waals surface area contributed by atoms with Crippen LogP contribution in [0.25, 0.3) is 0 Å². The average molecular weight is 265 g/mol. The molecule has 0 spiro atoms. The van der Waals surface area contributed by atoms with Crippen LogP contribution in [-0.2, 0) is 4.79 Å². The summed E-state index contributed by atoms with van der Waals surface area (Å²) in [6, 6.07) is 5.45. The molecule has 1 amide bonds. The predicted molar refractivity (Wildman–Crippen MR) is 78.0 cm³/mol. The average Bonchev–Trinajstić information content (AvgIpc) is 2.38. The van der Waals surface area contributed by atoms with Gasteiger partial charge >= 0.3 is 0 Å². The van der Waals surface area contributed by atoms with E-state index in [1.54, 1.807) is 6.07 Å². The van der Waals surface area contributed by atoms with Crippen LogP contribution in [0.1, 0.15) is 18.9 Å². The zero-order valence-corrected chi connectivity index (χ0v) is 11.6. The molecule has 0 aliphatic heterocycles. The van der Waals surface area contributed by atoms with Crippen molar-refractivity contribution in [1.82, 2.24) is 4.90 Å². The number of rotatable bonds is 7. The van der Waals surface area contributed by atoms with E-state index in [9.17, 15) is 4.79 Å². The van der Waals surface area contributed by atoms with Crippen LogP contribution < -0.4 is 11.1 Å². The largest absolute Gasteiger partial charge is 0.399 e. The summed E-state index contributed by atoms with van der Waals surface area (Å²) in [5.74, 6) is -0.0616. The molecule has 0 saturated heterocycles. The van der Waals surface area contributed by atoms with Gasteiger partial charge in [-0.15, -0.1) is 0 Å². The van der Waals surface area contributed by atoms with Gasteiger partial charge in [0.05, 0.1) is 6.54 Å². The van der Waals surface area contributed by atoms with E-state index in [1.807, 2.05) is 30.9 Å². The third kappa shape index (κ3) is 5.28. The fourth-order valence-corrected chi connectivity index (χ4v) is 1.81. The minimum atomic E-state index is -0.0616. The molecule has 4 N–H and O–H groups in total. The monoisotopic (exact) mass is 265 g/mol. The van der Waals surface area contributed by atoms with E-state index < -0.39 is 0 Å². The van der Waals surface area contributed by atoms with Crippen molar-refractivity contribution >= 4 is 17.3 Å². The number of aliphatic hydroxyl groups is 1. The number of anilines is 2. The minimum absolute atomic E-state index is 0.0616. The fourth-order valence-electron chi connectivity index (χ4n) is 1.81. The molecule has 1 aromatic rings. The fraction of sp³-hybridized carbons (Fsp3) is 0.500. The molecule has 5 heteroatoms. The maximum Gasteiger partial charge on any atom is 0.238 e. The zero-order valence-electron chi connectivity index (χ0n) is 11.6. The van der Waals surface area contributed by atoms with Crippen molar-refractivity contribution in [1.29, 1.82) is 0 Å². The zero-order chi connectivity index (χ0) is 14.3. The number of carbonyl (C=O) groups excluding carboxylic acids is 1. The maximum absolute atomic E-state index is 12.0. The highest BCUT2D eigenvalue weighted by atomic mass is 16.3. The molecule has 0 aliphatic carbocycles. The Labute approximate surface area is 114 Å². The van der Waals surface area contributed by atoms with Crippen molar-refractivity contribution in [3.63, 3.8) is 0 Å². The van der Waals surface area contributed by atoms with Crippen molar-refractivity contribution < 1.29 is 9.90 Å². The Hall–Kier alpha value is -1.59. The molecule has 1 rings (SSSR count). The van der Waals surface area contributed by atoms with Crippen LogP contribution >= 0.6 is 0 Å². The van der Waals surface area contributed by atoms with E-state index in [0.29, 0.717) is 18.7 Å². The molecule has 0 saturated carbocycles. The predicted octanol–water partition coefficient (Wildman–Crippen LogP) is 1.22. The van der Waals surface area contributed by atoms with Gasteiger partial charge in [0, 0.05) is 24.5 Å². The molecular formula is C14H23N3O2. The lowest BCUT2D eigenvalue weighted by molar-refractivity contribution is -0.117. The molecule has 0 unspecified atom stereocenters. The number of amides is 1. The molecule has 0 aromatic heterocycles. The third-order valence-corrected chi connectivity index (χ3v) is 2.98. The molecule has 0 radical (unpaired) electrons. The standard InChI is InChI=1S/C14H23N3O2/c1-3-17(7-4-8-18)10-14(19)16-13-9-12(15)6-5-11(13)2/h5-6,9,18H,3-4,7-8,10,15H2,1-2H3,(H,16,19). The summed E-state index contributed by atoms with van der Waals surface area (Å²) in [6.45, 7) is 5.89. The summed E-state index contributed by atoms with van der Waals surface area (Å²) < 4.78 is 0. The number of hydrogen-bond donors (Lipinski definition) is 3. The highest BCUT2D eigenvalue weighted by Crippen LogP contribution is 2.17. The second kappa shape index (κ2) is 7.76. The van der Waals surface area contributed by atoms with Crippen molar-refractivity contribution in [2.45, 2.75) is 20.3 Å². The van der Waals surface area contributed by atoms with Gasteiger partial charge in [0.15, 0.2) is 0 Å². The van der Waals surface area contributed by atoms with Gasteiger partial charge in [-0.3, -0.25) is 9.69 Å². The van der Waals surface area contributed by atoms with E-state index >= 15 is 0 Å².